The third-order valence-corrected chi connectivity index (χ3v) is 2.18. The van der Waals surface area contributed by atoms with Crippen LogP contribution in [0.3, 0.4) is 0 Å². The monoisotopic (exact) mass is 245 g/mol. The zero-order valence-corrected chi connectivity index (χ0v) is 10.4. The summed E-state index contributed by atoms with van der Waals surface area (Å²) in [6, 6.07) is 5.52. The van der Waals surface area contributed by atoms with Crippen molar-refractivity contribution in [3.63, 3.8) is 0 Å². The number of nitrogens with one attached hydrogen (secondary N) is 1. The van der Waals surface area contributed by atoms with Crippen molar-refractivity contribution < 1.29 is 4.74 Å². The van der Waals surface area contributed by atoms with E-state index in [1.165, 1.54) is 0 Å². The van der Waals surface area contributed by atoms with Crippen LogP contribution >= 0.6 is 0 Å². The normalized spacial score (nSPS) is 10.1. The molecule has 6 heteroatoms. The Morgan fingerprint density at radius 1 is 1.33 bits per heavy atom. The van der Waals surface area contributed by atoms with Gasteiger partial charge in [-0.2, -0.15) is 15.2 Å². The molecule has 0 atom stereocenters. The van der Waals surface area contributed by atoms with E-state index in [4.69, 9.17) is 4.74 Å². The zero-order chi connectivity index (χ0) is 12.8. The Kier molecular flexibility index (Phi) is 4.01. The summed E-state index contributed by atoms with van der Waals surface area (Å²) >= 11 is 0. The quantitative estimate of drug-likeness (QED) is 0.862. The van der Waals surface area contributed by atoms with Crippen molar-refractivity contribution in [2.24, 2.45) is 0 Å². The fraction of sp³-hybridized carbons (Fsp3) is 0.333. The number of nitrogens with zero attached hydrogens (tertiary/aromatic N) is 4. The molecule has 0 unspecified atom stereocenters. The van der Waals surface area contributed by atoms with Crippen LogP contribution in [0.2, 0.25) is 0 Å². The first kappa shape index (κ1) is 12.2. The molecular formula is C12H15N5O. The van der Waals surface area contributed by atoms with Crippen LogP contribution in [0.1, 0.15) is 18.4 Å². The smallest absolute Gasteiger partial charge is 0.218 e. The van der Waals surface area contributed by atoms with E-state index in [0.29, 0.717) is 24.9 Å². The summed E-state index contributed by atoms with van der Waals surface area (Å²) in [7, 11) is 0. The van der Waals surface area contributed by atoms with Gasteiger partial charge < -0.3 is 10.1 Å². The predicted molar refractivity (Wildman–Crippen MR) is 67.3 cm³/mol. The molecule has 0 aromatic carbocycles. The molecule has 0 fully saturated rings. The van der Waals surface area contributed by atoms with Crippen LogP contribution in [-0.4, -0.2) is 26.8 Å². The van der Waals surface area contributed by atoms with E-state index in [0.717, 1.165) is 11.5 Å². The summed E-state index contributed by atoms with van der Waals surface area (Å²) in [6.07, 6.45) is 1.64. The summed E-state index contributed by atoms with van der Waals surface area (Å²) in [5.74, 6) is 1.96. The Hall–Kier alpha value is -2.24. The lowest BCUT2D eigenvalue weighted by Crippen LogP contribution is -2.06. The second kappa shape index (κ2) is 5.90. The van der Waals surface area contributed by atoms with Gasteiger partial charge in [-0.05, 0) is 26.0 Å². The van der Waals surface area contributed by atoms with Gasteiger partial charge in [0.2, 0.25) is 5.88 Å². The molecule has 0 spiro atoms. The highest BCUT2D eigenvalue weighted by Gasteiger charge is 2.02. The fourth-order valence-electron chi connectivity index (χ4n) is 1.46. The predicted octanol–water partition coefficient (Wildman–Crippen LogP) is 1.59. The minimum Gasteiger partial charge on any atom is -0.478 e. The highest BCUT2D eigenvalue weighted by atomic mass is 16.5. The lowest BCUT2D eigenvalue weighted by Gasteiger charge is -2.08. The summed E-state index contributed by atoms with van der Waals surface area (Å²) in [6.45, 7) is 4.90. The molecule has 0 aliphatic heterocycles. The van der Waals surface area contributed by atoms with Gasteiger partial charge in [0.1, 0.15) is 11.6 Å². The van der Waals surface area contributed by atoms with E-state index < -0.39 is 0 Å². The van der Waals surface area contributed by atoms with Crippen LogP contribution in [0.25, 0.3) is 0 Å². The summed E-state index contributed by atoms with van der Waals surface area (Å²) in [4.78, 5) is 8.46. The molecule has 2 rings (SSSR count). The number of rotatable bonds is 5. The average molecular weight is 245 g/mol. The Morgan fingerprint density at radius 2 is 2.22 bits per heavy atom. The first-order valence-electron chi connectivity index (χ1n) is 5.77. The maximum absolute atomic E-state index is 5.36. The topological polar surface area (TPSA) is 72.8 Å². The minimum atomic E-state index is 0.565. The fourth-order valence-corrected chi connectivity index (χ4v) is 1.46. The highest BCUT2D eigenvalue weighted by Crippen LogP contribution is 2.13. The third-order valence-electron chi connectivity index (χ3n) is 2.18. The van der Waals surface area contributed by atoms with Crippen LogP contribution in [0.4, 0.5) is 5.82 Å². The molecule has 1 N–H and O–H groups in total. The maximum Gasteiger partial charge on any atom is 0.218 e. The van der Waals surface area contributed by atoms with Crippen molar-refractivity contribution in [2.45, 2.75) is 20.4 Å². The van der Waals surface area contributed by atoms with Crippen LogP contribution in [0.15, 0.2) is 24.4 Å². The van der Waals surface area contributed by atoms with E-state index in [9.17, 15) is 0 Å². The number of ether oxygens (including phenoxy) is 1. The Labute approximate surface area is 105 Å². The molecule has 2 aromatic rings. The first-order chi connectivity index (χ1) is 8.78. The van der Waals surface area contributed by atoms with Gasteiger partial charge in [0, 0.05) is 12.3 Å². The Balaban J connectivity index is 2.05. The van der Waals surface area contributed by atoms with E-state index >= 15 is 0 Å². The Morgan fingerprint density at radius 3 is 2.94 bits per heavy atom. The number of hydrogen-bond acceptors (Lipinski definition) is 6. The second-order valence-corrected chi connectivity index (χ2v) is 3.64. The van der Waals surface area contributed by atoms with Gasteiger partial charge >= 0.3 is 0 Å². The van der Waals surface area contributed by atoms with Crippen LogP contribution in [0, 0.1) is 6.92 Å². The summed E-state index contributed by atoms with van der Waals surface area (Å²) in [5.41, 5.74) is 0.853. The van der Waals surface area contributed by atoms with Crippen molar-refractivity contribution in [1.29, 1.82) is 0 Å². The summed E-state index contributed by atoms with van der Waals surface area (Å²) in [5, 5.41) is 11.0. The lowest BCUT2D eigenvalue weighted by atomic mass is 10.4. The van der Waals surface area contributed by atoms with Gasteiger partial charge in [-0.15, -0.1) is 0 Å². The van der Waals surface area contributed by atoms with Gasteiger partial charge in [-0.1, -0.05) is 0 Å². The molecule has 6 nitrogen and oxygen atoms in total. The molecule has 2 heterocycles. The van der Waals surface area contributed by atoms with Crippen molar-refractivity contribution in [3.05, 3.63) is 35.9 Å². The average Bonchev–Trinajstić information content (AvgIpc) is 2.37. The van der Waals surface area contributed by atoms with Gasteiger partial charge in [0.15, 0.2) is 0 Å². The van der Waals surface area contributed by atoms with E-state index in [1.807, 2.05) is 26.0 Å². The number of anilines is 1. The van der Waals surface area contributed by atoms with Crippen LogP contribution < -0.4 is 10.1 Å². The van der Waals surface area contributed by atoms with Crippen molar-refractivity contribution in [1.82, 2.24) is 20.2 Å². The second-order valence-electron chi connectivity index (χ2n) is 3.64. The van der Waals surface area contributed by atoms with E-state index in [1.54, 1.807) is 12.3 Å². The van der Waals surface area contributed by atoms with E-state index in [-0.39, 0.29) is 0 Å². The van der Waals surface area contributed by atoms with Crippen molar-refractivity contribution in [2.75, 3.05) is 11.9 Å². The molecule has 0 aliphatic rings. The third kappa shape index (κ3) is 3.38. The number of aryl methyl sites for hydroxylation is 1. The molecular weight excluding hydrogens is 230 g/mol. The van der Waals surface area contributed by atoms with Gasteiger partial charge in [-0.3, -0.25) is 0 Å². The maximum atomic E-state index is 5.36. The molecule has 0 radical (unpaired) electrons. The molecule has 0 bridgehead atoms. The molecule has 94 valence electrons. The zero-order valence-electron chi connectivity index (χ0n) is 10.4. The molecule has 2 aromatic heterocycles. The summed E-state index contributed by atoms with van der Waals surface area (Å²) < 4.78 is 5.36. The minimum absolute atomic E-state index is 0.565. The van der Waals surface area contributed by atoms with Crippen LogP contribution in [-0.2, 0) is 6.54 Å². The Bertz CT molecular complexity index is 503. The number of hydrogen-bond donors (Lipinski definition) is 1. The first-order valence-corrected chi connectivity index (χ1v) is 5.77. The van der Waals surface area contributed by atoms with Gasteiger partial charge in [0.05, 0.1) is 18.8 Å². The van der Waals surface area contributed by atoms with Gasteiger partial charge in [-0.25, -0.2) is 4.98 Å². The van der Waals surface area contributed by atoms with Gasteiger partial charge in [0.25, 0.3) is 0 Å². The van der Waals surface area contributed by atoms with Crippen LogP contribution in [0.5, 0.6) is 5.88 Å². The molecule has 0 saturated heterocycles. The van der Waals surface area contributed by atoms with E-state index in [2.05, 4.69) is 25.5 Å². The highest BCUT2D eigenvalue weighted by molar-refractivity contribution is 5.38. The van der Waals surface area contributed by atoms with Crippen molar-refractivity contribution >= 4 is 5.82 Å². The van der Waals surface area contributed by atoms with Crippen molar-refractivity contribution in [3.8, 4) is 5.88 Å². The number of aromatic nitrogens is 4. The molecule has 18 heavy (non-hydrogen) atoms. The molecule has 0 amide bonds. The lowest BCUT2D eigenvalue weighted by molar-refractivity contribution is 0.325. The standard InChI is InChI=1S/C12H15N5O/c1-3-18-12-7-11(15-9(2)16-12)13-8-10-5-4-6-14-17-10/h4-7H,3,8H2,1-2H3,(H,13,15,16). The largest absolute Gasteiger partial charge is 0.478 e. The molecule has 0 saturated carbocycles. The molecule has 0 aliphatic carbocycles. The SMILES string of the molecule is CCOc1cc(NCc2cccnn2)nc(C)n1.